The Labute approximate surface area is 207 Å². The largest absolute Gasteiger partial charge is 0.360 e. The average molecular weight is 492 g/mol. The van der Waals surface area contributed by atoms with Crippen molar-refractivity contribution in [3.8, 4) is 0 Å². The topological polar surface area (TPSA) is 87.7 Å². The highest BCUT2D eigenvalue weighted by Crippen LogP contribution is 2.37. The van der Waals surface area contributed by atoms with Crippen molar-refractivity contribution in [1.29, 1.82) is 0 Å². The highest BCUT2D eigenvalue weighted by Gasteiger charge is 2.50. The highest BCUT2D eigenvalue weighted by molar-refractivity contribution is 7.81. The second kappa shape index (κ2) is 8.88. The van der Waals surface area contributed by atoms with E-state index in [1.54, 1.807) is 61.7 Å². The van der Waals surface area contributed by atoms with Crippen LogP contribution in [0.1, 0.15) is 35.6 Å². The molecule has 4 rings (SSSR count). The van der Waals surface area contributed by atoms with Gasteiger partial charge in [0.1, 0.15) is 17.6 Å². The first kappa shape index (κ1) is 24.0. The van der Waals surface area contributed by atoms with Crippen LogP contribution in [-0.2, 0) is 18.4 Å². The zero-order chi connectivity index (χ0) is 25.5. The number of nitrogens with zero attached hydrogens (tertiary/aromatic N) is 6. The third-order valence-electron chi connectivity index (χ3n) is 5.83. The van der Waals surface area contributed by atoms with Crippen LogP contribution < -0.4 is 15.1 Å². The highest BCUT2D eigenvalue weighted by atomic mass is 32.1. The summed E-state index contributed by atoms with van der Waals surface area (Å²) in [6, 6.07) is 6.17. The Morgan fingerprint density at radius 2 is 2.00 bits per heavy atom. The van der Waals surface area contributed by atoms with Crippen LogP contribution in [0.15, 0.2) is 42.9 Å². The maximum atomic E-state index is 15.0. The minimum Gasteiger partial charge on any atom is -0.360 e. The molecule has 2 aromatic heterocycles. The summed E-state index contributed by atoms with van der Waals surface area (Å²) in [5, 5.41) is 2.83. The van der Waals surface area contributed by atoms with Gasteiger partial charge in [0.15, 0.2) is 10.9 Å². The van der Waals surface area contributed by atoms with E-state index in [9.17, 15) is 9.59 Å². The summed E-state index contributed by atoms with van der Waals surface area (Å²) in [5.41, 5.74) is 0.637. The number of rotatable bonds is 5. The molecular weight excluding hydrogens is 469 g/mol. The van der Waals surface area contributed by atoms with Crippen LogP contribution in [0.2, 0.25) is 0 Å². The summed E-state index contributed by atoms with van der Waals surface area (Å²) in [4.78, 5) is 40.0. The van der Waals surface area contributed by atoms with Crippen LogP contribution in [0.5, 0.6) is 0 Å². The van der Waals surface area contributed by atoms with Gasteiger partial charge in [-0.15, -0.1) is 4.98 Å². The number of imidazole rings is 1. The third-order valence-corrected chi connectivity index (χ3v) is 6.19. The number of carbonyl (C=O) groups is 2. The first-order chi connectivity index (χ1) is 16.6. The van der Waals surface area contributed by atoms with Crippen LogP contribution in [0.25, 0.3) is 4.85 Å². The number of aromatic nitrogens is 3. The Morgan fingerprint density at radius 1 is 1.26 bits per heavy atom. The Hall–Kier alpha value is -4.17. The van der Waals surface area contributed by atoms with E-state index in [0.717, 1.165) is 0 Å². The quantitative estimate of drug-likeness (QED) is 0.433. The van der Waals surface area contributed by atoms with Gasteiger partial charge >= 0.3 is 0 Å². The van der Waals surface area contributed by atoms with Crippen molar-refractivity contribution < 1.29 is 14.0 Å². The maximum Gasteiger partial charge on any atom is 0.287 e. The number of nitrogens with one attached hydrogen (secondary N) is 1. The third kappa shape index (κ3) is 4.13. The second-order valence-corrected chi connectivity index (χ2v) is 8.95. The van der Waals surface area contributed by atoms with Gasteiger partial charge in [0, 0.05) is 37.2 Å². The average Bonchev–Trinajstić information content (AvgIpc) is 3.31. The van der Waals surface area contributed by atoms with Gasteiger partial charge in [0.2, 0.25) is 0 Å². The number of carbonyl (C=O) groups excluding carboxylic acids is 2. The van der Waals surface area contributed by atoms with Crippen molar-refractivity contribution >= 4 is 46.3 Å². The fraction of sp³-hybridized carbons (Fsp3) is 0.250. The number of thiocarbonyl (C=S) groups is 1. The van der Waals surface area contributed by atoms with E-state index in [-0.39, 0.29) is 34.8 Å². The molecular formula is C24H22FN7O2S. The second-order valence-electron chi connectivity index (χ2n) is 8.58. The fourth-order valence-electron chi connectivity index (χ4n) is 3.91. The predicted molar refractivity (Wildman–Crippen MR) is 133 cm³/mol. The van der Waals surface area contributed by atoms with E-state index in [0.29, 0.717) is 16.9 Å². The lowest BCUT2D eigenvalue weighted by Crippen LogP contribution is -2.44. The molecule has 3 aromatic rings. The lowest BCUT2D eigenvalue weighted by atomic mass is 10.0. The molecule has 1 aromatic carbocycles. The first-order valence-corrected chi connectivity index (χ1v) is 11.0. The molecule has 0 unspecified atom stereocenters. The first-order valence-electron chi connectivity index (χ1n) is 10.6. The van der Waals surface area contributed by atoms with Crippen molar-refractivity contribution in [2.75, 3.05) is 9.80 Å². The minimum absolute atomic E-state index is 0.0327. The summed E-state index contributed by atoms with van der Waals surface area (Å²) in [5.74, 6) is -0.802. The van der Waals surface area contributed by atoms with E-state index in [1.807, 2.05) is 0 Å². The molecule has 0 bridgehead atoms. The molecule has 0 spiro atoms. The molecule has 178 valence electrons. The number of halogens is 1. The molecule has 11 heteroatoms. The summed E-state index contributed by atoms with van der Waals surface area (Å²) >= 11 is 5.63. The van der Waals surface area contributed by atoms with Crippen molar-refractivity contribution in [3.05, 3.63) is 77.0 Å². The van der Waals surface area contributed by atoms with Gasteiger partial charge in [0.05, 0.1) is 5.69 Å². The van der Waals surface area contributed by atoms with E-state index in [2.05, 4.69) is 20.1 Å². The molecule has 0 atom stereocenters. The van der Waals surface area contributed by atoms with E-state index in [4.69, 9.17) is 18.8 Å². The SMILES string of the molecule is [C-]#[N+]c1ncc(N2C(=O)C(C)(C)N(c3ccc(CNC(=O)c4nccn4C)c(F)c3)C2=S)cc1C. The van der Waals surface area contributed by atoms with Crippen molar-refractivity contribution in [2.45, 2.75) is 32.9 Å². The van der Waals surface area contributed by atoms with Crippen molar-refractivity contribution in [1.82, 2.24) is 19.9 Å². The lowest BCUT2D eigenvalue weighted by molar-refractivity contribution is -0.120. The van der Waals surface area contributed by atoms with Crippen LogP contribution in [0.4, 0.5) is 21.6 Å². The van der Waals surface area contributed by atoms with Gasteiger partial charge < -0.3 is 19.6 Å². The van der Waals surface area contributed by atoms with Gasteiger partial charge in [-0.1, -0.05) is 12.6 Å². The fourth-order valence-corrected chi connectivity index (χ4v) is 4.43. The Morgan fingerprint density at radius 3 is 2.60 bits per heavy atom. The number of hydrogen-bond donors (Lipinski definition) is 1. The van der Waals surface area contributed by atoms with Crippen molar-refractivity contribution in [3.63, 3.8) is 0 Å². The standard InChI is InChI=1S/C24H22FN7O2S/c1-14-10-17(13-28-19(14)26-4)31-22(34)24(2,3)32(23(31)35)16-7-6-15(18(25)11-16)12-29-21(33)20-27-8-9-30(20)5/h6-11,13H,12H2,1-3,5H3,(H,29,33). The van der Waals surface area contributed by atoms with Crippen molar-refractivity contribution in [2.24, 2.45) is 7.05 Å². The molecule has 1 aliphatic heterocycles. The number of amides is 2. The van der Waals surface area contributed by atoms with Crippen LogP contribution in [-0.4, -0.2) is 37.0 Å². The number of benzene rings is 1. The van der Waals surface area contributed by atoms with Crippen LogP contribution in [0, 0.1) is 19.3 Å². The van der Waals surface area contributed by atoms with Gasteiger partial charge in [0.25, 0.3) is 17.6 Å². The molecule has 9 nitrogen and oxygen atoms in total. The van der Waals surface area contributed by atoms with Gasteiger partial charge in [-0.2, -0.15) is 0 Å². The zero-order valence-electron chi connectivity index (χ0n) is 19.5. The summed E-state index contributed by atoms with van der Waals surface area (Å²) in [6.45, 7) is 12.3. The zero-order valence-corrected chi connectivity index (χ0v) is 20.4. The molecule has 2 amide bonds. The monoisotopic (exact) mass is 491 g/mol. The number of anilines is 2. The molecule has 1 saturated heterocycles. The number of hydrogen-bond acceptors (Lipinski definition) is 5. The maximum absolute atomic E-state index is 15.0. The molecule has 35 heavy (non-hydrogen) atoms. The Kier molecular flexibility index (Phi) is 6.08. The van der Waals surface area contributed by atoms with E-state index in [1.165, 1.54) is 23.4 Å². The Bertz CT molecular complexity index is 1410. The Balaban J connectivity index is 1.59. The molecule has 0 radical (unpaired) electrons. The molecule has 1 N–H and O–H groups in total. The van der Waals surface area contributed by atoms with Gasteiger partial charge in [-0.05, 0) is 56.8 Å². The molecule has 0 aliphatic carbocycles. The predicted octanol–water partition coefficient (Wildman–Crippen LogP) is 3.66. The van der Waals surface area contributed by atoms with Crippen LogP contribution in [0.3, 0.4) is 0 Å². The summed E-state index contributed by atoms with van der Waals surface area (Å²) in [6.07, 6.45) is 4.58. The molecule has 1 fully saturated rings. The number of aryl methyl sites for hydroxylation is 2. The van der Waals surface area contributed by atoms with E-state index < -0.39 is 17.3 Å². The van der Waals surface area contributed by atoms with Crippen LogP contribution >= 0.6 is 12.2 Å². The normalized spacial score (nSPS) is 14.9. The van der Waals surface area contributed by atoms with E-state index >= 15 is 4.39 Å². The smallest absolute Gasteiger partial charge is 0.287 e. The summed E-state index contributed by atoms with van der Waals surface area (Å²) in [7, 11) is 1.69. The van der Waals surface area contributed by atoms with Gasteiger partial charge in [-0.3, -0.25) is 14.5 Å². The van der Waals surface area contributed by atoms with Gasteiger partial charge in [-0.25, -0.2) is 9.37 Å². The number of pyridine rings is 1. The summed E-state index contributed by atoms with van der Waals surface area (Å²) < 4.78 is 16.6. The minimum atomic E-state index is -1.09. The molecule has 0 saturated carbocycles. The molecule has 1 aliphatic rings. The molecule has 3 heterocycles. The lowest BCUT2D eigenvalue weighted by Gasteiger charge is -2.29.